The SMILES string of the molecule is C[C@@H](NC(=O)CCC1CCNC1)c1cccc(Br)c1. The molecule has 3 nitrogen and oxygen atoms in total. The van der Waals surface area contributed by atoms with E-state index in [1.54, 1.807) is 0 Å². The lowest BCUT2D eigenvalue weighted by Crippen LogP contribution is -2.27. The molecule has 1 aromatic rings. The van der Waals surface area contributed by atoms with Gasteiger partial charge in [0, 0.05) is 10.9 Å². The molecular weight excluding hydrogens is 304 g/mol. The van der Waals surface area contributed by atoms with E-state index in [2.05, 4.69) is 26.6 Å². The van der Waals surface area contributed by atoms with Crippen molar-refractivity contribution in [3.63, 3.8) is 0 Å². The Hall–Kier alpha value is -0.870. The average Bonchev–Trinajstić information content (AvgIpc) is 2.89. The molecule has 4 heteroatoms. The van der Waals surface area contributed by atoms with Gasteiger partial charge in [0.25, 0.3) is 0 Å². The smallest absolute Gasteiger partial charge is 0.220 e. The maximum absolute atomic E-state index is 11.9. The molecule has 1 heterocycles. The van der Waals surface area contributed by atoms with Crippen LogP contribution in [-0.4, -0.2) is 19.0 Å². The Bertz CT molecular complexity index is 430. The first-order valence-corrected chi connectivity index (χ1v) is 7.70. The molecular formula is C15H21BrN2O. The van der Waals surface area contributed by atoms with Gasteiger partial charge in [-0.05, 0) is 56.5 Å². The van der Waals surface area contributed by atoms with Gasteiger partial charge in [-0.1, -0.05) is 28.1 Å². The highest BCUT2D eigenvalue weighted by molar-refractivity contribution is 9.10. The second kappa shape index (κ2) is 7.06. The van der Waals surface area contributed by atoms with Crippen LogP contribution in [0.25, 0.3) is 0 Å². The third-order valence-corrected chi connectivity index (χ3v) is 4.16. The second-order valence-corrected chi connectivity index (χ2v) is 6.16. The van der Waals surface area contributed by atoms with Crippen molar-refractivity contribution in [1.29, 1.82) is 0 Å². The summed E-state index contributed by atoms with van der Waals surface area (Å²) in [6.45, 7) is 4.19. The minimum Gasteiger partial charge on any atom is -0.350 e. The Labute approximate surface area is 123 Å². The molecule has 2 rings (SSSR count). The molecule has 1 aromatic carbocycles. The van der Waals surface area contributed by atoms with Crippen molar-refractivity contribution in [2.24, 2.45) is 5.92 Å². The highest BCUT2D eigenvalue weighted by Crippen LogP contribution is 2.19. The first-order chi connectivity index (χ1) is 9.15. The molecule has 0 saturated carbocycles. The Morgan fingerprint density at radius 3 is 3.11 bits per heavy atom. The maximum atomic E-state index is 11.9. The first-order valence-electron chi connectivity index (χ1n) is 6.90. The fourth-order valence-corrected chi connectivity index (χ4v) is 2.89. The van der Waals surface area contributed by atoms with E-state index in [1.807, 2.05) is 31.2 Å². The largest absolute Gasteiger partial charge is 0.350 e. The van der Waals surface area contributed by atoms with Gasteiger partial charge in [-0.2, -0.15) is 0 Å². The maximum Gasteiger partial charge on any atom is 0.220 e. The molecule has 19 heavy (non-hydrogen) atoms. The third-order valence-electron chi connectivity index (χ3n) is 3.67. The van der Waals surface area contributed by atoms with E-state index in [1.165, 1.54) is 6.42 Å². The number of carbonyl (C=O) groups is 1. The molecule has 1 aliphatic rings. The lowest BCUT2D eigenvalue weighted by Gasteiger charge is -2.15. The van der Waals surface area contributed by atoms with Crippen molar-refractivity contribution >= 4 is 21.8 Å². The summed E-state index contributed by atoms with van der Waals surface area (Å²) >= 11 is 3.45. The number of hydrogen-bond acceptors (Lipinski definition) is 2. The van der Waals surface area contributed by atoms with Crippen LogP contribution in [0.15, 0.2) is 28.7 Å². The first kappa shape index (κ1) is 14.5. The Morgan fingerprint density at radius 1 is 1.58 bits per heavy atom. The van der Waals surface area contributed by atoms with Gasteiger partial charge >= 0.3 is 0 Å². The van der Waals surface area contributed by atoms with Crippen LogP contribution >= 0.6 is 15.9 Å². The summed E-state index contributed by atoms with van der Waals surface area (Å²) in [6, 6.07) is 8.13. The summed E-state index contributed by atoms with van der Waals surface area (Å²) in [5, 5.41) is 6.40. The number of halogens is 1. The van der Waals surface area contributed by atoms with Crippen molar-refractivity contribution in [3.8, 4) is 0 Å². The van der Waals surface area contributed by atoms with Gasteiger partial charge in [-0.3, -0.25) is 4.79 Å². The number of nitrogens with one attached hydrogen (secondary N) is 2. The molecule has 2 N–H and O–H groups in total. The van der Waals surface area contributed by atoms with Crippen LogP contribution in [0.5, 0.6) is 0 Å². The van der Waals surface area contributed by atoms with Crippen molar-refractivity contribution < 1.29 is 4.79 Å². The molecule has 0 aromatic heterocycles. The van der Waals surface area contributed by atoms with E-state index in [4.69, 9.17) is 0 Å². The fourth-order valence-electron chi connectivity index (χ4n) is 2.47. The van der Waals surface area contributed by atoms with Crippen LogP contribution in [0.3, 0.4) is 0 Å². The normalized spacial score (nSPS) is 20.2. The minimum absolute atomic E-state index is 0.0618. The number of carbonyl (C=O) groups excluding carboxylic acids is 1. The van der Waals surface area contributed by atoms with Crippen LogP contribution in [0.2, 0.25) is 0 Å². The summed E-state index contributed by atoms with van der Waals surface area (Å²) in [7, 11) is 0. The number of amides is 1. The molecule has 2 atom stereocenters. The Morgan fingerprint density at radius 2 is 2.42 bits per heavy atom. The van der Waals surface area contributed by atoms with E-state index >= 15 is 0 Å². The van der Waals surface area contributed by atoms with Crippen LogP contribution in [0, 0.1) is 5.92 Å². The summed E-state index contributed by atoms with van der Waals surface area (Å²) in [5.74, 6) is 0.825. The van der Waals surface area contributed by atoms with Crippen LogP contribution in [0.4, 0.5) is 0 Å². The van der Waals surface area contributed by atoms with Crippen molar-refractivity contribution in [2.45, 2.75) is 32.2 Å². The second-order valence-electron chi connectivity index (χ2n) is 5.24. The van der Waals surface area contributed by atoms with Crippen LogP contribution in [-0.2, 0) is 4.79 Å². The van der Waals surface area contributed by atoms with Gasteiger partial charge in [0.05, 0.1) is 6.04 Å². The molecule has 1 saturated heterocycles. The number of benzene rings is 1. The molecule has 1 unspecified atom stereocenters. The quantitative estimate of drug-likeness (QED) is 0.874. The number of hydrogen-bond donors (Lipinski definition) is 2. The molecule has 0 aliphatic carbocycles. The van der Waals surface area contributed by atoms with E-state index in [9.17, 15) is 4.79 Å². The lowest BCUT2D eigenvalue weighted by molar-refractivity contribution is -0.122. The van der Waals surface area contributed by atoms with Gasteiger partial charge in [-0.25, -0.2) is 0 Å². The topological polar surface area (TPSA) is 41.1 Å². The molecule has 0 spiro atoms. The zero-order chi connectivity index (χ0) is 13.7. The van der Waals surface area contributed by atoms with E-state index in [0.29, 0.717) is 12.3 Å². The van der Waals surface area contributed by atoms with Crippen molar-refractivity contribution in [1.82, 2.24) is 10.6 Å². The lowest BCUT2D eigenvalue weighted by atomic mass is 10.0. The summed E-state index contributed by atoms with van der Waals surface area (Å²) in [4.78, 5) is 11.9. The van der Waals surface area contributed by atoms with Crippen LogP contribution < -0.4 is 10.6 Å². The van der Waals surface area contributed by atoms with Gasteiger partial charge in [0.15, 0.2) is 0 Å². The van der Waals surface area contributed by atoms with Crippen LogP contribution in [0.1, 0.15) is 37.8 Å². The number of rotatable bonds is 5. The molecule has 0 radical (unpaired) electrons. The van der Waals surface area contributed by atoms with Crippen molar-refractivity contribution in [2.75, 3.05) is 13.1 Å². The molecule has 0 bridgehead atoms. The molecule has 104 valence electrons. The van der Waals surface area contributed by atoms with Gasteiger partial charge in [0.1, 0.15) is 0 Å². The van der Waals surface area contributed by atoms with E-state index in [0.717, 1.165) is 29.5 Å². The highest BCUT2D eigenvalue weighted by atomic mass is 79.9. The van der Waals surface area contributed by atoms with Gasteiger partial charge in [-0.15, -0.1) is 0 Å². The zero-order valence-corrected chi connectivity index (χ0v) is 12.9. The summed E-state index contributed by atoms with van der Waals surface area (Å²) in [5.41, 5.74) is 1.13. The standard InChI is InChI=1S/C15H21BrN2O/c1-11(13-3-2-4-14(16)9-13)18-15(19)6-5-12-7-8-17-10-12/h2-4,9,11-12,17H,5-8,10H2,1H3,(H,18,19)/t11-,12?/m1/s1. The minimum atomic E-state index is 0.0618. The third kappa shape index (κ3) is 4.62. The molecule has 1 fully saturated rings. The molecule has 1 amide bonds. The predicted octanol–water partition coefficient (Wildman–Crippen LogP) is 3.02. The fraction of sp³-hybridized carbons (Fsp3) is 0.533. The van der Waals surface area contributed by atoms with E-state index < -0.39 is 0 Å². The van der Waals surface area contributed by atoms with Crippen molar-refractivity contribution in [3.05, 3.63) is 34.3 Å². The van der Waals surface area contributed by atoms with E-state index in [-0.39, 0.29) is 11.9 Å². The highest BCUT2D eigenvalue weighted by Gasteiger charge is 2.16. The predicted molar refractivity (Wildman–Crippen MR) is 80.9 cm³/mol. The Kier molecular flexibility index (Phi) is 5.40. The van der Waals surface area contributed by atoms with Gasteiger partial charge in [0.2, 0.25) is 5.91 Å². The zero-order valence-electron chi connectivity index (χ0n) is 11.3. The molecule has 1 aliphatic heterocycles. The Balaban J connectivity index is 1.77. The average molecular weight is 325 g/mol. The summed E-state index contributed by atoms with van der Waals surface area (Å²) in [6.07, 6.45) is 2.82. The van der Waals surface area contributed by atoms with Gasteiger partial charge < -0.3 is 10.6 Å². The monoisotopic (exact) mass is 324 g/mol. The summed E-state index contributed by atoms with van der Waals surface area (Å²) < 4.78 is 1.04.